The van der Waals surface area contributed by atoms with Gasteiger partial charge in [0, 0.05) is 38.0 Å². The van der Waals surface area contributed by atoms with E-state index < -0.39 is 7.14 Å². The Labute approximate surface area is 422 Å². The maximum Gasteiger partial charge on any atom is 0.171 e. The third-order valence-electron chi connectivity index (χ3n) is 14.7. The lowest BCUT2D eigenvalue weighted by Gasteiger charge is -2.39. The number of rotatable bonds is 11. The Bertz CT molecular complexity index is 3660. The topological polar surface area (TPSA) is 55.7 Å². The maximum absolute atomic E-state index is 15.6. The minimum atomic E-state index is -3.20. The summed E-state index contributed by atoms with van der Waals surface area (Å²) in [5, 5.41) is 4.64. The highest BCUT2D eigenvalue weighted by molar-refractivity contribution is 7.85. The highest BCUT2D eigenvalue weighted by atomic mass is 31.2. The van der Waals surface area contributed by atoms with Crippen molar-refractivity contribution in [1.29, 1.82) is 0 Å². The highest BCUT2D eigenvalue weighted by Gasteiger charge is 2.36. The quantitative estimate of drug-likeness (QED) is 0.121. The normalized spacial score (nSPS) is 13.4. The molecule has 0 radical (unpaired) electrons. The molecule has 346 valence electrons. The van der Waals surface area contributed by atoms with Crippen molar-refractivity contribution in [3.63, 3.8) is 0 Å². The zero-order valence-corrected chi connectivity index (χ0v) is 40.9. The molecule has 0 spiro atoms. The van der Waals surface area contributed by atoms with E-state index in [1.165, 1.54) is 36.0 Å². The molecule has 1 heterocycles. The van der Waals surface area contributed by atoms with Gasteiger partial charge < -0.3 is 4.57 Å². The van der Waals surface area contributed by atoms with Crippen LogP contribution in [0.3, 0.4) is 0 Å². The van der Waals surface area contributed by atoms with Gasteiger partial charge in [0.05, 0.1) is 0 Å². The van der Waals surface area contributed by atoms with Crippen LogP contribution in [0.5, 0.6) is 0 Å². The van der Waals surface area contributed by atoms with Crippen LogP contribution in [0, 0.1) is 0 Å². The van der Waals surface area contributed by atoms with Crippen LogP contribution >= 0.6 is 7.14 Å². The van der Waals surface area contributed by atoms with Crippen LogP contribution in [-0.4, -0.2) is 15.0 Å². The molecule has 1 aliphatic carbocycles. The Morgan fingerprint density at radius 2 is 0.722 bits per heavy atom. The Balaban J connectivity index is 0.896. The van der Waals surface area contributed by atoms with Crippen molar-refractivity contribution in [2.24, 2.45) is 0 Å². The van der Waals surface area contributed by atoms with E-state index in [-0.39, 0.29) is 5.41 Å². The highest BCUT2D eigenvalue weighted by Crippen LogP contribution is 2.48. The monoisotopic (exact) mass is 945 g/mol. The van der Waals surface area contributed by atoms with Crippen molar-refractivity contribution in [1.82, 2.24) is 15.0 Å². The fraction of sp³-hybridized carbons (Fsp3) is 0.0896. The molecule has 4 nitrogen and oxygen atoms in total. The van der Waals surface area contributed by atoms with Crippen LogP contribution in [0.15, 0.2) is 255 Å². The second kappa shape index (κ2) is 19.5. The number of aromatic nitrogens is 3. The van der Waals surface area contributed by atoms with Gasteiger partial charge >= 0.3 is 0 Å². The number of hydrogen-bond acceptors (Lipinski definition) is 4. The lowest BCUT2D eigenvalue weighted by atomic mass is 9.65. The largest absolute Gasteiger partial charge is 0.309 e. The first-order chi connectivity index (χ1) is 35.5. The molecule has 1 fully saturated rings. The lowest BCUT2D eigenvalue weighted by Crippen LogP contribution is -2.30. The molecule has 72 heavy (non-hydrogen) atoms. The molecule has 0 bridgehead atoms. The van der Waals surface area contributed by atoms with Crippen LogP contribution in [-0.2, 0) is 9.98 Å². The third kappa shape index (κ3) is 8.48. The van der Waals surface area contributed by atoms with Crippen molar-refractivity contribution in [3.8, 4) is 67.5 Å². The zero-order valence-electron chi connectivity index (χ0n) is 40.0. The molecule has 1 aromatic heterocycles. The van der Waals surface area contributed by atoms with Crippen molar-refractivity contribution in [2.75, 3.05) is 0 Å². The number of benzene rings is 10. The number of nitrogens with zero attached hydrogens (tertiary/aromatic N) is 3. The van der Waals surface area contributed by atoms with E-state index in [0.29, 0.717) is 17.5 Å². The minimum absolute atomic E-state index is 0.132. The fourth-order valence-corrected chi connectivity index (χ4v) is 13.9. The summed E-state index contributed by atoms with van der Waals surface area (Å²) in [6.07, 6.45) is 5.73. The van der Waals surface area contributed by atoms with Gasteiger partial charge in [-0.2, -0.15) is 0 Å². The van der Waals surface area contributed by atoms with E-state index in [4.69, 9.17) is 15.0 Å². The lowest BCUT2D eigenvalue weighted by molar-refractivity contribution is 0.346. The van der Waals surface area contributed by atoms with Gasteiger partial charge in [-0.15, -0.1) is 0 Å². The van der Waals surface area contributed by atoms with E-state index in [0.717, 1.165) is 84.0 Å². The second-order valence-electron chi connectivity index (χ2n) is 19.0. The molecule has 0 atom stereocenters. The van der Waals surface area contributed by atoms with Crippen LogP contribution in [0.25, 0.3) is 78.3 Å². The average Bonchev–Trinajstić information content (AvgIpc) is 3.48. The van der Waals surface area contributed by atoms with Crippen LogP contribution in [0.2, 0.25) is 0 Å². The SMILES string of the molecule is O=P(c1ccccc1)(c1ccccc1)c1ccc(-c2ccc(C3(c4ccc(-c5nc(-c6ccc(-c7ccccc7)cc6)nc(-c6cccc(-c7ccccc7)c6)n5)cc4)CCCCC3)cc2)c2ccccc12. The summed E-state index contributed by atoms with van der Waals surface area (Å²) in [5.41, 5.74) is 12.2. The molecule has 5 heteroatoms. The van der Waals surface area contributed by atoms with Gasteiger partial charge in [0.2, 0.25) is 0 Å². The summed E-state index contributed by atoms with van der Waals surface area (Å²) < 4.78 is 15.6. The fourth-order valence-electron chi connectivity index (χ4n) is 11.0. The number of hydrogen-bond donors (Lipinski definition) is 0. The Hall–Kier alpha value is -8.30. The van der Waals surface area contributed by atoms with Gasteiger partial charge in [-0.1, -0.05) is 262 Å². The van der Waals surface area contributed by atoms with Gasteiger partial charge in [0.25, 0.3) is 0 Å². The van der Waals surface area contributed by atoms with E-state index >= 15 is 4.57 Å². The standard InChI is InChI=1S/C67H52N3OP/c71-72(58-25-10-3-11-26-58,59-27-12-4-13-28-59)63-44-43-60(61-29-14-15-30-62(61)63)51-35-39-56(40-36-51)67(45-16-5-17-46-67)57-41-37-53(38-42-57)65-68-64(52-33-31-50(32-34-52)48-19-6-1-7-20-48)69-66(70-65)55-24-18-23-54(47-55)49-21-8-2-9-22-49/h1-4,6-15,18-44,47H,5,16-17,45-46H2. The predicted octanol–water partition coefficient (Wildman–Crippen LogP) is 15.9. The third-order valence-corrected chi connectivity index (χ3v) is 17.9. The van der Waals surface area contributed by atoms with Crippen molar-refractivity contribution in [2.45, 2.75) is 37.5 Å². The maximum atomic E-state index is 15.6. The van der Waals surface area contributed by atoms with Crippen molar-refractivity contribution in [3.05, 3.63) is 266 Å². The summed E-state index contributed by atoms with van der Waals surface area (Å²) in [4.78, 5) is 15.5. The second-order valence-corrected chi connectivity index (χ2v) is 21.7. The van der Waals surface area contributed by atoms with Gasteiger partial charge in [0.1, 0.15) is 0 Å². The van der Waals surface area contributed by atoms with Crippen molar-refractivity contribution < 1.29 is 4.57 Å². The Morgan fingerprint density at radius 1 is 0.319 bits per heavy atom. The van der Waals surface area contributed by atoms with E-state index in [1.54, 1.807) is 0 Å². The molecule has 12 rings (SSSR count). The van der Waals surface area contributed by atoms with Crippen LogP contribution < -0.4 is 15.9 Å². The first kappa shape index (κ1) is 44.9. The van der Waals surface area contributed by atoms with Crippen LogP contribution in [0.4, 0.5) is 0 Å². The molecule has 0 N–H and O–H groups in total. The molecule has 10 aromatic carbocycles. The summed E-state index contributed by atoms with van der Waals surface area (Å²) in [6.45, 7) is 0. The molecule has 0 unspecified atom stereocenters. The van der Waals surface area contributed by atoms with E-state index in [1.807, 2.05) is 72.8 Å². The molecule has 11 aromatic rings. The summed E-state index contributed by atoms with van der Waals surface area (Å²) in [7, 11) is -3.20. The van der Waals surface area contributed by atoms with E-state index in [9.17, 15) is 0 Å². The molecule has 0 saturated heterocycles. The van der Waals surface area contributed by atoms with E-state index in [2.05, 4.69) is 182 Å². The molecular weight excluding hydrogens is 894 g/mol. The summed E-state index contributed by atoms with van der Waals surface area (Å²) in [6, 6.07) is 88.9. The van der Waals surface area contributed by atoms with Gasteiger partial charge in [-0.3, -0.25) is 0 Å². The first-order valence-corrected chi connectivity index (χ1v) is 26.8. The predicted molar refractivity (Wildman–Crippen MR) is 300 cm³/mol. The Morgan fingerprint density at radius 3 is 1.28 bits per heavy atom. The van der Waals surface area contributed by atoms with Gasteiger partial charge in [-0.25, -0.2) is 15.0 Å². The smallest absolute Gasteiger partial charge is 0.171 e. The first-order valence-electron chi connectivity index (χ1n) is 25.1. The van der Waals surface area contributed by atoms with Gasteiger partial charge in [0.15, 0.2) is 24.6 Å². The minimum Gasteiger partial charge on any atom is -0.309 e. The van der Waals surface area contributed by atoms with Gasteiger partial charge in [-0.05, 0) is 80.3 Å². The van der Waals surface area contributed by atoms with Crippen molar-refractivity contribution >= 4 is 33.8 Å². The van der Waals surface area contributed by atoms with Crippen LogP contribution in [0.1, 0.15) is 43.2 Å². The molecule has 0 amide bonds. The zero-order chi connectivity index (χ0) is 48.3. The summed E-state index contributed by atoms with van der Waals surface area (Å²) >= 11 is 0. The molecule has 1 aliphatic rings. The Kier molecular flexibility index (Phi) is 12.1. The average molecular weight is 946 g/mol. The molecule has 0 aliphatic heterocycles. The molecular formula is C67H52N3OP. The molecule has 1 saturated carbocycles. The number of fused-ring (bicyclic) bond motifs is 1. The summed E-state index contributed by atoms with van der Waals surface area (Å²) in [5.74, 6) is 1.91.